The third-order valence-corrected chi connectivity index (χ3v) is 5.48. The lowest BCUT2D eigenvalue weighted by molar-refractivity contribution is -0.858. The van der Waals surface area contributed by atoms with Crippen LogP contribution in [0.15, 0.2) is 12.7 Å². The van der Waals surface area contributed by atoms with E-state index in [9.17, 15) is 0 Å². The van der Waals surface area contributed by atoms with E-state index < -0.39 is 0 Å². The van der Waals surface area contributed by atoms with E-state index in [1.807, 2.05) is 6.33 Å². The van der Waals surface area contributed by atoms with E-state index in [1.54, 1.807) is 0 Å². The first kappa shape index (κ1) is 24.6. The van der Waals surface area contributed by atoms with Crippen molar-refractivity contribution in [3.8, 4) is 0 Å². The number of aryl methyl sites for hydroxylation is 1. The van der Waals surface area contributed by atoms with Crippen LogP contribution in [0.4, 0.5) is 5.82 Å². The Balaban J connectivity index is 0.00000392. The van der Waals surface area contributed by atoms with Crippen LogP contribution in [0.25, 0.3) is 11.2 Å². The summed E-state index contributed by atoms with van der Waals surface area (Å²) in [5.41, 5.74) is 7.48. The fraction of sp³-hybridized carbons (Fsp3) is 0.762. The van der Waals surface area contributed by atoms with E-state index in [4.69, 9.17) is 5.73 Å². The number of hydrogen-bond donors (Lipinski definition) is 2. The third kappa shape index (κ3) is 8.31. The Morgan fingerprint density at radius 2 is 1.68 bits per heavy atom. The maximum Gasteiger partial charge on any atom is 0.165 e. The van der Waals surface area contributed by atoms with Crippen LogP contribution in [0.2, 0.25) is 0 Å². The molecule has 28 heavy (non-hydrogen) atoms. The van der Waals surface area contributed by atoms with E-state index in [2.05, 4.69) is 40.5 Å². The second-order valence-electron chi connectivity index (χ2n) is 8.18. The van der Waals surface area contributed by atoms with Crippen molar-refractivity contribution < 1.29 is 17.3 Å². The number of rotatable bonds is 14. The molecule has 0 saturated heterocycles. The zero-order valence-electron chi connectivity index (χ0n) is 18.0. The molecule has 0 bridgehead atoms. The zero-order chi connectivity index (χ0) is 19.5. The summed E-state index contributed by atoms with van der Waals surface area (Å²) < 4.78 is 2.13. The minimum Gasteiger partial charge on any atom is -1.00 e. The maximum absolute atomic E-state index is 5.90. The van der Waals surface area contributed by atoms with Crippen LogP contribution in [-0.2, 0) is 6.54 Å². The Morgan fingerprint density at radius 3 is 2.39 bits per heavy atom. The van der Waals surface area contributed by atoms with E-state index in [0.717, 1.165) is 23.6 Å². The number of nitrogens with two attached hydrogens (primary N) is 1. The second-order valence-corrected chi connectivity index (χ2v) is 8.18. The summed E-state index contributed by atoms with van der Waals surface area (Å²) in [5, 5.41) is 0. The number of anilines is 1. The Hall–Kier alpha value is -1.40. The molecule has 2 heterocycles. The first-order valence-corrected chi connectivity index (χ1v) is 10.8. The van der Waals surface area contributed by atoms with Crippen molar-refractivity contribution >= 4 is 17.0 Å². The molecular weight excluding hydrogens is 372 g/mol. The van der Waals surface area contributed by atoms with Crippen molar-refractivity contribution in [3.63, 3.8) is 0 Å². The molecule has 7 heteroatoms. The summed E-state index contributed by atoms with van der Waals surface area (Å²) >= 11 is 0. The highest BCUT2D eigenvalue weighted by Gasteiger charge is 2.13. The van der Waals surface area contributed by atoms with E-state index >= 15 is 0 Å². The molecule has 0 fully saturated rings. The number of hydrogen-bond acceptors (Lipinski definition) is 4. The summed E-state index contributed by atoms with van der Waals surface area (Å²) in [6.07, 6.45) is 16.9. The highest BCUT2D eigenvalue weighted by molar-refractivity contribution is 5.80. The number of aromatic nitrogens is 4. The lowest BCUT2D eigenvalue weighted by atomic mass is 9.93. The molecule has 2 rings (SSSR count). The third-order valence-electron chi connectivity index (χ3n) is 5.48. The smallest absolute Gasteiger partial charge is 0.165 e. The molecule has 0 aliphatic heterocycles. The minimum absolute atomic E-state index is 0. The van der Waals surface area contributed by atoms with E-state index in [0.29, 0.717) is 5.82 Å². The molecule has 0 saturated carbocycles. The van der Waals surface area contributed by atoms with Crippen LogP contribution in [0.3, 0.4) is 0 Å². The van der Waals surface area contributed by atoms with Crippen molar-refractivity contribution in [1.29, 1.82) is 0 Å². The summed E-state index contributed by atoms with van der Waals surface area (Å²) in [5.74, 6) is 1.24. The molecule has 6 nitrogen and oxygen atoms in total. The lowest BCUT2D eigenvalue weighted by Gasteiger charge is -2.18. The molecule has 0 aliphatic rings. The summed E-state index contributed by atoms with van der Waals surface area (Å²) in [7, 11) is 4.49. The molecule has 1 unspecified atom stereocenters. The summed E-state index contributed by atoms with van der Waals surface area (Å²) in [4.78, 5) is 14.3. The first-order valence-electron chi connectivity index (χ1n) is 10.8. The molecule has 2 aromatic heterocycles. The number of quaternary nitrogens is 1. The number of fused-ring (bicyclic) bond motifs is 1. The lowest BCUT2D eigenvalue weighted by Crippen LogP contribution is -3.05. The summed E-state index contributed by atoms with van der Waals surface area (Å²) in [6, 6.07) is 0. The standard InChI is InChI=1S/C21H38N6.ClH/c1-4-5-6-7-8-9-10-11-18(12-14-26(2)3)13-15-27-17-25-19-20(22)23-16-24-21(19)27;/h16-18H,4-15H2,1-3H3,(H2,22,23,24);1H. The largest absolute Gasteiger partial charge is 1.00 e. The number of nitrogens with zero attached hydrogens (tertiary/aromatic N) is 4. The molecule has 0 amide bonds. The van der Waals surface area contributed by atoms with Gasteiger partial charge in [-0.05, 0) is 18.8 Å². The predicted octanol–water partition coefficient (Wildman–Crippen LogP) is 0.0941. The van der Waals surface area contributed by atoms with Gasteiger partial charge < -0.3 is 27.6 Å². The fourth-order valence-electron chi connectivity index (χ4n) is 3.70. The average Bonchev–Trinajstić information content (AvgIpc) is 3.07. The van der Waals surface area contributed by atoms with Gasteiger partial charge in [0.2, 0.25) is 0 Å². The molecule has 0 aliphatic carbocycles. The number of nitrogens with one attached hydrogen (secondary N) is 1. The van der Waals surface area contributed by atoms with Gasteiger partial charge in [0.05, 0.1) is 27.0 Å². The molecule has 1 atom stereocenters. The number of halogens is 1. The fourth-order valence-corrected chi connectivity index (χ4v) is 3.70. The van der Waals surface area contributed by atoms with Crippen LogP contribution in [-0.4, -0.2) is 40.2 Å². The van der Waals surface area contributed by atoms with Gasteiger partial charge in [-0.3, -0.25) is 0 Å². The average molecular weight is 411 g/mol. The van der Waals surface area contributed by atoms with Gasteiger partial charge in [-0.25, -0.2) is 15.0 Å². The van der Waals surface area contributed by atoms with E-state index in [-0.39, 0.29) is 12.4 Å². The molecule has 2 aromatic rings. The zero-order valence-corrected chi connectivity index (χ0v) is 18.7. The van der Waals surface area contributed by atoms with Crippen molar-refractivity contribution in [2.24, 2.45) is 5.92 Å². The van der Waals surface area contributed by atoms with Crippen LogP contribution < -0.4 is 23.0 Å². The van der Waals surface area contributed by atoms with Crippen LogP contribution in [0.1, 0.15) is 71.1 Å². The van der Waals surface area contributed by atoms with Gasteiger partial charge in [-0.1, -0.05) is 58.3 Å². The van der Waals surface area contributed by atoms with Gasteiger partial charge in [0, 0.05) is 6.54 Å². The van der Waals surface area contributed by atoms with Gasteiger partial charge in [0.15, 0.2) is 11.5 Å². The van der Waals surface area contributed by atoms with Crippen molar-refractivity contribution in [1.82, 2.24) is 19.5 Å². The summed E-state index contributed by atoms with van der Waals surface area (Å²) in [6.45, 7) is 4.47. The predicted molar refractivity (Wildman–Crippen MR) is 113 cm³/mol. The minimum atomic E-state index is 0. The number of unbranched alkanes of at least 4 members (excludes halogenated alkanes) is 6. The molecule has 160 valence electrons. The molecule has 0 radical (unpaired) electrons. The van der Waals surface area contributed by atoms with Crippen LogP contribution >= 0.6 is 0 Å². The normalized spacial score (nSPS) is 12.4. The Labute approximate surface area is 176 Å². The molecular formula is C21H39ClN6. The second kappa shape index (κ2) is 13.7. The van der Waals surface area contributed by atoms with Gasteiger partial charge >= 0.3 is 0 Å². The Bertz CT molecular complexity index is 657. The van der Waals surface area contributed by atoms with Crippen LogP contribution in [0.5, 0.6) is 0 Å². The monoisotopic (exact) mass is 410 g/mol. The quantitative estimate of drug-likeness (QED) is 0.433. The molecule has 0 spiro atoms. The number of imidazole rings is 1. The highest BCUT2D eigenvalue weighted by Crippen LogP contribution is 2.21. The SMILES string of the molecule is CCCCCCCCCC(CCn1cnc2c(N)ncnc21)CC[NH+](C)C.[Cl-]. The van der Waals surface area contributed by atoms with Crippen molar-refractivity contribution in [2.75, 3.05) is 26.4 Å². The van der Waals surface area contributed by atoms with Crippen molar-refractivity contribution in [3.05, 3.63) is 12.7 Å². The van der Waals surface area contributed by atoms with Crippen molar-refractivity contribution in [2.45, 2.75) is 77.7 Å². The molecule has 3 N–H and O–H groups in total. The van der Waals surface area contributed by atoms with Gasteiger partial charge in [0.1, 0.15) is 11.8 Å². The maximum atomic E-state index is 5.90. The number of nitrogen functional groups attached to an aromatic ring is 1. The Kier molecular flexibility index (Phi) is 12.1. The van der Waals surface area contributed by atoms with Gasteiger partial charge in [-0.15, -0.1) is 0 Å². The highest BCUT2D eigenvalue weighted by atomic mass is 35.5. The van der Waals surface area contributed by atoms with Gasteiger partial charge in [0.25, 0.3) is 0 Å². The van der Waals surface area contributed by atoms with Gasteiger partial charge in [-0.2, -0.15) is 0 Å². The topological polar surface area (TPSA) is 74.1 Å². The Morgan fingerprint density at radius 1 is 0.964 bits per heavy atom. The van der Waals surface area contributed by atoms with Crippen LogP contribution in [0, 0.1) is 5.92 Å². The molecule has 0 aromatic carbocycles. The first-order chi connectivity index (χ1) is 13.1. The van der Waals surface area contributed by atoms with E-state index in [1.165, 1.54) is 82.0 Å².